The Hall–Kier alpha value is -0.670. The molecular weight excluding hydrogens is 297 g/mol. The van der Waals surface area contributed by atoms with Gasteiger partial charge < -0.3 is 5.73 Å². The molecule has 0 aliphatic carbocycles. The van der Waals surface area contributed by atoms with Gasteiger partial charge in [0, 0.05) is 32.3 Å². The van der Waals surface area contributed by atoms with Gasteiger partial charge in [-0.2, -0.15) is 0 Å². The van der Waals surface area contributed by atoms with Crippen molar-refractivity contribution in [2.75, 3.05) is 0 Å². The lowest BCUT2D eigenvalue weighted by atomic mass is 10.1. The summed E-state index contributed by atoms with van der Waals surface area (Å²) in [5.74, 6) is 2.50. The number of benzene rings is 1. The minimum absolute atomic E-state index is 0.414. The molecule has 0 heterocycles. The highest BCUT2D eigenvalue weighted by atomic mass is 127. The number of amides is 1. The van der Waals surface area contributed by atoms with E-state index < -0.39 is 5.91 Å². The van der Waals surface area contributed by atoms with Crippen LogP contribution in [0.25, 0.3) is 0 Å². The number of hydrogen-bond donors (Lipinski definition) is 1. The van der Waals surface area contributed by atoms with Crippen LogP contribution in [0.2, 0.25) is 0 Å². The number of primary amides is 1. The van der Waals surface area contributed by atoms with Crippen molar-refractivity contribution in [1.82, 2.24) is 0 Å². The summed E-state index contributed by atoms with van der Waals surface area (Å²) in [5, 5.41) is 2.85. The van der Waals surface area contributed by atoms with Gasteiger partial charge >= 0.3 is 0 Å². The number of nitrogens with two attached hydrogens (primary N) is 1. The summed E-state index contributed by atoms with van der Waals surface area (Å²) < 4.78 is 0. The van der Waals surface area contributed by atoms with Gasteiger partial charge in [-0.1, -0.05) is 5.92 Å². The highest BCUT2D eigenvalue weighted by Crippen LogP contribution is 2.08. The van der Waals surface area contributed by atoms with Crippen LogP contribution >= 0.6 is 30.1 Å². The maximum atomic E-state index is 10.7. The second kappa shape index (κ2) is 5.14. The molecule has 0 bridgehead atoms. The SMILES string of the molecule is NC(=O)c1ccc(C#CSI)cc1. The van der Waals surface area contributed by atoms with E-state index in [0.29, 0.717) is 5.56 Å². The third-order valence-corrected chi connectivity index (χ3v) is 2.24. The predicted molar refractivity (Wildman–Crippen MR) is 63.4 cm³/mol. The van der Waals surface area contributed by atoms with Crippen LogP contribution < -0.4 is 5.73 Å². The molecule has 1 aromatic carbocycles. The fourth-order valence-corrected chi connectivity index (χ4v) is 1.28. The number of carbonyl (C=O) groups excluding carboxylic acids is 1. The molecule has 0 aliphatic rings. The van der Waals surface area contributed by atoms with E-state index in [-0.39, 0.29) is 0 Å². The summed E-state index contributed by atoms with van der Waals surface area (Å²) >= 11 is 2.10. The molecule has 0 aliphatic heterocycles. The molecule has 0 spiro atoms. The van der Waals surface area contributed by atoms with E-state index >= 15 is 0 Å². The Labute approximate surface area is 92.9 Å². The van der Waals surface area contributed by atoms with E-state index in [9.17, 15) is 4.79 Å². The molecular formula is C9H6INOS. The zero-order valence-electron chi connectivity index (χ0n) is 6.58. The van der Waals surface area contributed by atoms with Crippen molar-refractivity contribution in [3.8, 4) is 11.2 Å². The maximum absolute atomic E-state index is 10.7. The lowest BCUT2D eigenvalue weighted by Gasteiger charge is -1.93. The number of rotatable bonds is 1. The van der Waals surface area contributed by atoms with Crippen LogP contribution in [0.4, 0.5) is 0 Å². The second-order valence-electron chi connectivity index (χ2n) is 2.25. The molecule has 1 rings (SSSR count). The molecule has 4 heteroatoms. The zero-order valence-corrected chi connectivity index (χ0v) is 9.56. The summed E-state index contributed by atoms with van der Waals surface area (Å²) in [6, 6.07) is 6.90. The molecule has 0 atom stereocenters. The largest absolute Gasteiger partial charge is 0.366 e. The van der Waals surface area contributed by atoms with Gasteiger partial charge in [0.05, 0.1) is 0 Å². The second-order valence-corrected chi connectivity index (χ2v) is 3.93. The van der Waals surface area contributed by atoms with Crippen molar-refractivity contribution in [2.24, 2.45) is 5.73 Å². The molecule has 0 unspecified atom stereocenters. The average Bonchev–Trinajstić information content (AvgIpc) is 2.15. The van der Waals surface area contributed by atoms with Gasteiger partial charge in [0.1, 0.15) is 0 Å². The van der Waals surface area contributed by atoms with E-state index in [1.54, 1.807) is 24.3 Å². The van der Waals surface area contributed by atoms with E-state index in [0.717, 1.165) is 5.56 Å². The molecule has 0 saturated heterocycles. The molecule has 66 valence electrons. The van der Waals surface area contributed by atoms with Gasteiger partial charge in [-0.25, -0.2) is 0 Å². The molecule has 2 N–H and O–H groups in total. The standard InChI is InChI=1S/C9H6INOS/c10-13-6-5-7-1-3-8(4-2-7)9(11)12/h1-4H,(H2,11,12). The first kappa shape index (κ1) is 10.4. The molecule has 0 aromatic heterocycles. The first-order valence-corrected chi connectivity index (χ1v) is 6.78. The molecule has 13 heavy (non-hydrogen) atoms. The molecule has 0 radical (unpaired) electrons. The van der Waals surface area contributed by atoms with Crippen LogP contribution in [0.1, 0.15) is 15.9 Å². The molecule has 1 aromatic rings. The summed E-state index contributed by atoms with van der Waals surface area (Å²) in [6.45, 7) is 0. The quantitative estimate of drug-likeness (QED) is 0.638. The van der Waals surface area contributed by atoms with Crippen LogP contribution in [-0.2, 0) is 0 Å². The van der Waals surface area contributed by atoms with Crippen LogP contribution in [-0.4, -0.2) is 5.91 Å². The Morgan fingerprint density at radius 3 is 2.46 bits per heavy atom. The van der Waals surface area contributed by atoms with Crippen molar-refractivity contribution >= 4 is 36.0 Å². The highest BCUT2D eigenvalue weighted by Gasteiger charge is 1.97. The minimum Gasteiger partial charge on any atom is -0.366 e. The summed E-state index contributed by atoms with van der Waals surface area (Å²) in [5.41, 5.74) is 6.47. The van der Waals surface area contributed by atoms with Gasteiger partial charge in [0.25, 0.3) is 0 Å². The maximum Gasteiger partial charge on any atom is 0.248 e. The fourth-order valence-electron chi connectivity index (χ4n) is 0.796. The summed E-state index contributed by atoms with van der Waals surface area (Å²) in [7, 11) is 1.42. The van der Waals surface area contributed by atoms with Crippen molar-refractivity contribution in [3.05, 3.63) is 35.4 Å². The van der Waals surface area contributed by atoms with Gasteiger partial charge in [0.2, 0.25) is 5.91 Å². The lowest BCUT2D eigenvalue weighted by molar-refractivity contribution is 0.100. The van der Waals surface area contributed by atoms with E-state index in [1.807, 2.05) is 0 Å². The zero-order chi connectivity index (χ0) is 9.68. The van der Waals surface area contributed by atoms with Crippen LogP contribution in [0, 0.1) is 11.2 Å². The highest BCUT2D eigenvalue weighted by molar-refractivity contribution is 14.2. The summed E-state index contributed by atoms with van der Waals surface area (Å²) in [6.07, 6.45) is 0. The van der Waals surface area contributed by atoms with E-state index in [1.165, 1.54) is 8.93 Å². The summed E-state index contributed by atoms with van der Waals surface area (Å²) in [4.78, 5) is 10.7. The Balaban J connectivity index is 2.87. The first-order chi connectivity index (χ1) is 6.24. The van der Waals surface area contributed by atoms with E-state index in [2.05, 4.69) is 32.4 Å². The Kier molecular flexibility index (Phi) is 4.12. The van der Waals surface area contributed by atoms with E-state index in [4.69, 9.17) is 5.73 Å². The number of hydrogen-bond acceptors (Lipinski definition) is 2. The molecule has 1 amide bonds. The van der Waals surface area contributed by atoms with Crippen LogP contribution in [0.3, 0.4) is 0 Å². The lowest BCUT2D eigenvalue weighted by Crippen LogP contribution is -2.10. The van der Waals surface area contributed by atoms with Crippen LogP contribution in [0.5, 0.6) is 0 Å². The monoisotopic (exact) mass is 303 g/mol. The Morgan fingerprint density at radius 2 is 2.00 bits per heavy atom. The predicted octanol–water partition coefficient (Wildman–Crippen LogP) is 2.18. The third-order valence-electron chi connectivity index (χ3n) is 1.40. The van der Waals surface area contributed by atoms with Crippen molar-refractivity contribution < 1.29 is 4.79 Å². The number of carbonyl (C=O) groups is 1. The average molecular weight is 303 g/mol. The van der Waals surface area contributed by atoms with Gasteiger partial charge in [0.15, 0.2) is 0 Å². The minimum atomic E-state index is -0.414. The number of halogens is 1. The van der Waals surface area contributed by atoms with Gasteiger partial charge in [-0.3, -0.25) is 4.79 Å². The molecule has 0 fully saturated rings. The van der Waals surface area contributed by atoms with Crippen molar-refractivity contribution in [2.45, 2.75) is 0 Å². The smallest absolute Gasteiger partial charge is 0.248 e. The Bertz CT molecular complexity index is 363. The Morgan fingerprint density at radius 1 is 1.38 bits per heavy atom. The third kappa shape index (κ3) is 3.28. The van der Waals surface area contributed by atoms with Gasteiger partial charge in [-0.15, -0.1) is 0 Å². The topological polar surface area (TPSA) is 43.1 Å². The molecule has 2 nitrogen and oxygen atoms in total. The van der Waals surface area contributed by atoms with Crippen LogP contribution in [0.15, 0.2) is 24.3 Å². The van der Waals surface area contributed by atoms with Gasteiger partial charge in [-0.05, 0) is 38.5 Å². The van der Waals surface area contributed by atoms with Crippen molar-refractivity contribution in [3.63, 3.8) is 0 Å². The van der Waals surface area contributed by atoms with Crippen molar-refractivity contribution in [1.29, 1.82) is 0 Å². The molecule has 0 saturated carbocycles. The fraction of sp³-hybridized carbons (Fsp3) is 0. The normalized spacial score (nSPS) is 8.69. The first-order valence-electron chi connectivity index (χ1n) is 3.42.